The molecule has 0 fully saturated rings. The minimum atomic E-state index is 0.352. The Hall–Kier alpha value is -2.37. The average Bonchev–Trinajstić information content (AvgIpc) is 3.00. The number of rotatable bonds is 8. The first-order valence-corrected chi connectivity index (χ1v) is 8.37. The molecule has 0 saturated carbocycles. The van der Waals surface area contributed by atoms with Gasteiger partial charge in [0.15, 0.2) is 5.96 Å². The minimum absolute atomic E-state index is 0.352. The van der Waals surface area contributed by atoms with Crippen LogP contribution in [0.5, 0.6) is 11.5 Å². The summed E-state index contributed by atoms with van der Waals surface area (Å²) in [6.45, 7) is 4.91. The molecule has 4 N–H and O–H groups in total. The monoisotopic (exact) mass is 332 g/mol. The fraction of sp³-hybridized carbons (Fsp3) is 0.500. The number of hydrogen-bond donors (Lipinski definition) is 3. The second kappa shape index (κ2) is 8.47. The first-order valence-electron chi connectivity index (χ1n) is 8.37. The molecular formula is C18H28N4O2. The second-order valence-corrected chi connectivity index (χ2v) is 5.91. The van der Waals surface area contributed by atoms with Crippen LogP contribution >= 0.6 is 0 Å². The van der Waals surface area contributed by atoms with Crippen molar-refractivity contribution in [2.45, 2.75) is 39.2 Å². The number of aryl methyl sites for hydroxylation is 1. The summed E-state index contributed by atoms with van der Waals surface area (Å²) >= 11 is 0. The van der Waals surface area contributed by atoms with E-state index < -0.39 is 0 Å². The van der Waals surface area contributed by atoms with E-state index in [9.17, 15) is 0 Å². The molecule has 24 heavy (non-hydrogen) atoms. The third kappa shape index (κ3) is 4.57. The highest BCUT2D eigenvalue weighted by atomic mass is 16.5. The highest BCUT2D eigenvalue weighted by molar-refractivity contribution is 5.88. The summed E-state index contributed by atoms with van der Waals surface area (Å²) in [6, 6.07) is 6.35. The van der Waals surface area contributed by atoms with Crippen molar-refractivity contribution in [2.75, 3.05) is 20.8 Å². The normalized spacial score (nSPS) is 13.1. The van der Waals surface area contributed by atoms with Gasteiger partial charge < -0.3 is 25.5 Å². The summed E-state index contributed by atoms with van der Waals surface area (Å²) in [7, 11) is 3.32. The lowest BCUT2D eigenvalue weighted by atomic mass is 10.2. The summed E-state index contributed by atoms with van der Waals surface area (Å²) in [6.07, 6.45) is 2.85. The number of H-pyrrole nitrogens is 1. The molecule has 1 unspecified atom stereocenters. The Kier molecular flexibility index (Phi) is 6.35. The standard InChI is InChI=1S/C18H28N4O2/c1-5-12(2)21-18(19)20-8-6-7-13-9-15-16(22-13)10-14(23-3)11-17(15)24-4/h9-12,22H,5-8H2,1-4H3,(H3,19,20,21). The van der Waals surface area contributed by atoms with Crippen molar-refractivity contribution < 1.29 is 9.47 Å². The molecule has 6 heteroatoms. The quantitative estimate of drug-likeness (QED) is 0.394. The van der Waals surface area contributed by atoms with Crippen molar-refractivity contribution >= 4 is 16.9 Å². The van der Waals surface area contributed by atoms with Crippen LogP contribution in [0.2, 0.25) is 0 Å². The van der Waals surface area contributed by atoms with Crippen LogP contribution < -0.4 is 20.5 Å². The lowest BCUT2D eigenvalue weighted by molar-refractivity contribution is 0.398. The van der Waals surface area contributed by atoms with Gasteiger partial charge in [0, 0.05) is 35.8 Å². The van der Waals surface area contributed by atoms with Gasteiger partial charge >= 0.3 is 0 Å². The van der Waals surface area contributed by atoms with E-state index in [0.29, 0.717) is 18.5 Å². The van der Waals surface area contributed by atoms with Gasteiger partial charge in [-0.05, 0) is 32.3 Å². The molecule has 0 aliphatic carbocycles. The van der Waals surface area contributed by atoms with E-state index >= 15 is 0 Å². The summed E-state index contributed by atoms with van der Waals surface area (Å²) in [4.78, 5) is 7.79. The largest absolute Gasteiger partial charge is 0.497 e. The van der Waals surface area contributed by atoms with Gasteiger partial charge in [0.25, 0.3) is 0 Å². The number of hydrogen-bond acceptors (Lipinski definition) is 3. The van der Waals surface area contributed by atoms with Crippen LogP contribution in [0.15, 0.2) is 23.2 Å². The average molecular weight is 332 g/mol. The molecule has 1 atom stereocenters. The van der Waals surface area contributed by atoms with Crippen LogP contribution in [0.4, 0.5) is 0 Å². The van der Waals surface area contributed by atoms with Gasteiger partial charge in [-0.3, -0.25) is 4.99 Å². The first-order chi connectivity index (χ1) is 11.6. The molecule has 6 nitrogen and oxygen atoms in total. The number of nitrogens with zero attached hydrogens (tertiary/aromatic N) is 1. The molecule has 0 radical (unpaired) electrons. The van der Waals surface area contributed by atoms with Crippen LogP contribution in [0.25, 0.3) is 10.9 Å². The number of fused-ring (bicyclic) bond motifs is 1. The van der Waals surface area contributed by atoms with E-state index in [1.54, 1.807) is 14.2 Å². The van der Waals surface area contributed by atoms with E-state index in [2.05, 4.69) is 35.2 Å². The molecule has 0 aliphatic heterocycles. The molecule has 2 aromatic rings. The van der Waals surface area contributed by atoms with Gasteiger partial charge in [0.1, 0.15) is 11.5 Å². The predicted molar refractivity (Wildman–Crippen MR) is 99.1 cm³/mol. The topological polar surface area (TPSA) is 84.7 Å². The van der Waals surface area contributed by atoms with Gasteiger partial charge in [-0.2, -0.15) is 0 Å². The number of aromatic amines is 1. The zero-order valence-corrected chi connectivity index (χ0v) is 15.0. The lowest BCUT2D eigenvalue weighted by Crippen LogP contribution is -2.38. The van der Waals surface area contributed by atoms with Gasteiger partial charge in [-0.25, -0.2) is 0 Å². The summed E-state index contributed by atoms with van der Waals surface area (Å²) in [5.41, 5.74) is 8.03. The number of benzene rings is 1. The van der Waals surface area contributed by atoms with E-state index in [1.165, 1.54) is 0 Å². The number of ether oxygens (including phenoxy) is 2. The Morgan fingerprint density at radius 3 is 2.75 bits per heavy atom. The van der Waals surface area contributed by atoms with E-state index in [-0.39, 0.29) is 0 Å². The van der Waals surface area contributed by atoms with Gasteiger partial charge in [0.05, 0.1) is 19.7 Å². The number of aromatic nitrogens is 1. The molecule has 1 heterocycles. The smallest absolute Gasteiger partial charge is 0.188 e. The highest BCUT2D eigenvalue weighted by Crippen LogP contribution is 2.31. The third-order valence-electron chi connectivity index (χ3n) is 4.08. The lowest BCUT2D eigenvalue weighted by Gasteiger charge is -2.11. The number of nitrogens with one attached hydrogen (secondary N) is 2. The first kappa shape index (κ1) is 18.0. The van der Waals surface area contributed by atoms with Crippen LogP contribution in [0.1, 0.15) is 32.4 Å². The van der Waals surface area contributed by atoms with Gasteiger partial charge in [-0.1, -0.05) is 6.92 Å². The number of aliphatic imine (C=N–C) groups is 1. The van der Waals surface area contributed by atoms with Crippen LogP contribution in [-0.2, 0) is 6.42 Å². The molecule has 0 amide bonds. The SMILES string of the molecule is CCC(C)NC(N)=NCCCc1cc2c(OC)cc(OC)cc2[nH]1. The Labute approximate surface area is 143 Å². The van der Waals surface area contributed by atoms with Crippen molar-refractivity contribution in [2.24, 2.45) is 10.7 Å². The molecule has 0 saturated heterocycles. The summed E-state index contributed by atoms with van der Waals surface area (Å²) < 4.78 is 10.7. The second-order valence-electron chi connectivity index (χ2n) is 5.91. The Bertz CT molecular complexity index is 694. The zero-order chi connectivity index (χ0) is 17.5. The minimum Gasteiger partial charge on any atom is -0.497 e. The molecule has 0 spiro atoms. The Balaban J connectivity index is 1.97. The van der Waals surface area contributed by atoms with Crippen LogP contribution in [-0.4, -0.2) is 37.7 Å². The van der Waals surface area contributed by atoms with Crippen LogP contribution in [0.3, 0.4) is 0 Å². The van der Waals surface area contributed by atoms with Crippen molar-refractivity contribution in [3.05, 3.63) is 23.9 Å². The van der Waals surface area contributed by atoms with E-state index in [1.807, 2.05) is 12.1 Å². The van der Waals surface area contributed by atoms with Crippen molar-refractivity contribution in [3.8, 4) is 11.5 Å². The number of nitrogens with two attached hydrogens (primary N) is 1. The third-order valence-corrected chi connectivity index (χ3v) is 4.08. The molecule has 132 valence electrons. The van der Waals surface area contributed by atoms with Crippen molar-refractivity contribution in [1.82, 2.24) is 10.3 Å². The zero-order valence-electron chi connectivity index (χ0n) is 15.0. The fourth-order valence-electron chi connectivity index (χ4n) is 2.53. The summed E-state index contributed by atoms with van der Waals surface area (Å²) in [5.74, 6) is 2.11. The number of methoxy groups -OCH3 is 2. The number of guanidine groups is 1. The maximum atomic E-state index is 5.86. The van der Waals surface area contributed by atoms with Crippen molar-refractivity contribution in [1.29, 1.82) is 0 Å². The van der Waals surface area contributed by atoms with Crippen LogP contribution in [0, 0.1) is 0 Å². The Morgan fingerprint density at radius 1 is 1.29 bits per heavy atom. The molecule has 1 aromatic heterocycles. The Morgan fingerprint density at radius 2 is 2.08 bits per heavy atom. The predicted octanol–water partition coefficient (Wildman–Crippen LogP) is 2.82. The maximum Gasteiger partial charge on any atom is 0.188 e. The molecule has 2 rings (SSSR count). The molecule has 0 bridgehead atoms. The highest BCUT2D eigenvalue weighted by Gasteiger charge is 2.09. The van der Waals surface area contributed by atoms with Crippen molar-refractivity contribution in [3.63, 3.8) is 0 Å². The van der Waals surface area contributed by atoms with Gasteiger partial charge in [0.2, 0.25) is 0 Å². The van der Waals surface area contributed by atoms with Gasteiger partial charge in [-0.15, -0.1) is 0 Å². The fourth-order valence-corrected chi connectivity index (χ4v) is 2.53. The molecular weight excluding hydrogens is 304 g/mol. The maximum absolute atomic E-state index is 5.86. The molecule has 1 aromatic carbocycles. The molecule has 0 aliphatic rings. The van der Waals surface area contributed by atoms with E-state index in [4.69, 9.17) is 15.2 Å². The van der Waals surface area contributed by atoms with E-state index in [0.717, 1.165) is 47.4 Å². The summed E-state index contributed by atoms with van der Waals surface area (Å²) in [5, 5.41) is 4.23.